The average Bonchev–Trinajstić information content (AvgIpc) is 2.70. The first-order chi connectivity index (χ1) is 7.68. The molecule has 1 nitrogen and oxygen atoms in total. The van der Waals surface area contributed by atoms with Crippen molar-refractivity contribution in [2.75, 3.05) is 0 Å². The fourth-order valence-corrected chi connectivity index (χ4v) is 1.27. The van der Waals surface area contributed by atoms with Crippen LogP contribution in [0.2, 0.25) is 0 Å². The van der Waals surface area contributed by atoms with E-state index in [-0.39, 0.29) is 0 Å². The van der Waals surface area contributed by atoms with Crippen molar-refractivity contribution in [2.45, 2.75) is 27.2 Å². The van der Waals surface area contributed by atoms with Crippen molar-refractivity contribution in [2.24, 2.45) is 5.92 Å². The predicted octanol–water partition coefficient (Wildman–Crippen LogP) is 4.54. The van der Waals surface area contributed by atoms with E-state index >= 15 is 0 Å². The standard InChI is InChI=1S/C15H20O/c1-13(2)6-4-7-14(3)8-5-9-15-10-11-16-12-15/h4-8,10-13H,9H2,1-3H3/b6-4+,8-5-,14-7+. The van der Waals surface area contributed by atoms with Crippen LogP contribution in [0.15, 0.2) is 59.0 Å². The zero-order valence-electron chi connectivity index (χ0n) is 10.3. The molecule has 0 unspecified atom stereocenters. The second-order valence-corrected chi connectivity index (χ2v) is 4.28. The maximum atomic E-state index is 5.00. The summed E-state index contributed by atoms with van der Waals surface area (Å²) in [5, 5.41) is 0. The van der Waals surface area contributed by atoms with Crippen LogP contribution in [-0.4, -0.2) is 0 Å². The molecule has 0 saturated heterocycles. The molecular formula is C15H20O. The van der Waals surface area contributed by atoms with Crippen LogP contribution in [0.25, 0.3) is 0 Å². The molecule has 86 valence electrons. The average molecular weight is 216 g/mol. The van der Waals surface area contributed by atoms with Crippen LogP contribution in [0.3, 0.4) is 0 Å². The Morgan fingerprint density at radius 2 is 2.25 bits per heavy atom. The highest BCUT2D eigenvalue weighted by molar-refractivity contribution is 5.23. The van der Waals surface area contributed by atoms with Gasteiger partial charge in [0.25, 0.3) is 0 Å². The topological polar surface area (TPSA) is 13.1 Å². The molecule has 0 aliphatic heterocycles. The molecule has 16 heavy (non-hydrogen) atoms. The molecule has 0 aliphatic carbocycles. The highest BCUT2D eigenvalue weighted by Crippen LogP contribution is 2.04. The number of allylic oxidation sites excluding steroid dienone is 6. The summed E-state index contributed by atoms with van der Waals surface area (Å²) in [6.07, 6.45) is 15.1. The maximum absolute atomic E-state index is 5.00. The molecule has 0 radical (unpaired) electrons. The molecule has 0 aromatic carbocycles. The monoisotopic (exact) mass is 216 g/mol. The van der Waals surface area contributed by atoms with Gasteiger partial charge in [0.1, 0.15) is 0 Å². The van der Waals surface area contributed by atoms with Gasteiger partial charge in [-0.15, -0.1) is 0 Å². The molecule has 0 spiro atoms. The Bertz CT molecular complexity index is 364. The molecule has 1 aromatic rings. The fraction of sp³-hybridized carbons (Fsp3) is 0.333. The summed E-state index contributed by atoms with van der Waals surface area (Å²) in [5.74, 6) is 0.610. The summed E-state index contributed by atoms with van der Waals surface area (Å²) in [6, 6.07) is 1.99. The Hall–Kier alpha value is -1.50. The molecule has 1 heterocycles. The first kappa shape index (κ1) is 12.6. The molecule has 0 amide bonds. The molecule has 0 saturated carbocycles. The Morgan fingerprint density at radius 3 is 2.88 bits per heavy atom. The minimum atomic E-state index is 0.610. The lowest BCUT2D eigenvalue weighted by atomic mass is 10.1. The lowest BCUT2D eigenvalue weighted by Crippen LogP contribution is -1.76. The summed E-state index contributed by atoms with van der Waals surface area (Å²) >= 11 is 0. The third-order valence-corrected chi connectivity index (χ3v) is 2.17. The predicted molar refractivity (Wildman–Crippen MR) is 69.3 cm³/mol. The van der Waals surface area contributed by atoms with Crippen molar-refractivity contribution in [1.82, 2.24) is 0 Å². The van der Waals surface area contributed by atoms with E-state index in [1.807, 2.05) is 6.07 Å². The third kappa shape index (κ3) is 5.40. The maximum Gasteiger partial charge on any atom is 0.0937 e. The van der Waals surface area contributed by atoms with Crippen LogP contribution in [-0.2, 0) is 6.42 Å². The van der Waals surface area contributed by atoms with Crippen LogP contribution in [0, 0.1) is 5.92 Å². The van der Waals surface area contributed by atoms with E-state index in [1.54, 1.807) is 12.5 Å². The zero-order valence-corrected chi connectivity index (χ0v) is 10.3. The largest absolute Gasteiger partial charge is 0.472 e. The van der Waals surface area contributed by atoms with Gasteiger partial charge in [-0.2, -0.15) is 0 Å². The first-order valence-electron chi connectivity index (χ1n) is 5.71. The molecule has 1 aromatic heterocycles. The van der Waals surface area contributed by atoms with Gasteiger partial charge >= 0.3 is 0 Å². The van der Waals surface area contributed by atoms with Crippen molar-refractivity contribution >= 4 is 0 Å². The molecular weight excluding hydrogens is 196 g/mol. The lowest BCUT2D eigenvalue weighted by Gasteiger charge is -1.92. The van der Waals surface area contributed by atoms with E-state index in [4.69, 9.17) is 4.42 Å². The van der Waals surface area contributed by atoms with Crippen molar-refractivity contribution in [3.63, 3.8) is 0 Å². The number of rotatable bonds is 5. The van der Waals surface area contributed by atoms with Crippen LogP contribution >= 0.6 is 0 Å². The molecule has 1 heteroatoms. The van der Waals surface area contributed by atoms with Gasteiger partial charge in [0.15, 0.2) is 0 Å². The molecule has 1 rings (SSSR count). The molecule has 0 aliphatic rings. The molecule has 0 atom stereocenters. The van der Waals surface area contributed by atoms with E-state index in [2.05, 4.69) is 51.2 Å². The quantitative estimate of drug-likeness (QED) is 0.659. The molecule has 0 fully saturated rings. The van der Waals surface area contributed by atoms with E-state index < -0.39 is 0 Å². The van der Waals surface area contributed by atoms with Gasteiger partial charge in [0.2, 0.25) is 0 Å². The normalized spacial score (nSPS) is 13.4. The Kier molecular flexibility index (Phi) is 5.41. The van der Waals surface area contributed by atoms with Crippen LogP contribution in [0.1, 0.15) is 26.3 Å². The number of hydrogen-bond acceptors (Lipinski definition) is 1. The van der Waals surface area contributed by atoms with Gasteiger partial charge in [-0.05, 0) is 30.9 Å². The fourth-order valence-electron chi connectivity index (χ4n) is 1.27. The Morgan fingerprint density at radius 1 is 1.44 bits per heavy atom. The minimum Gasteiger partial charge on any atom is -0.472 e. The smallest absolute Gasteiger partial charge is 0.0937 e. The summed E-state index contributed by atoms with van der Waals surface area (Å²) in [4.78, 5) is 0. The SMILES string of the molecule is CC(/C=C\Cc1ccoc1)=C\C=C\C(C)C. The lowest BCUT2D eigenvalue weighted by molar-refractivity contribution is 0.565. The summed E-state index contributed by atoms with van der Waals surface area (Å²) < 4.78 is 5.00. The van der Waals surface area contributed by atoms with Crippen LogP contribution in [0.5, 0.6) is 0 Å². The Balaban J connectivity index is 2.38. The second kappa shape index (κ2) is 6.89. The Labute approximate surface area is 98.2 Å². The first-order valence-corrected chi connectivity index (χ1v) is 5.71. The highest BCUT2D eigenvalue weighted by atomic mass is 16.3. The van der Waals surface area contributed by atoms with Crippen molar-refractivity contribution < 1.29 is 4.42 Å². The van der Waals surface area contributed by atoms with Gasteiger partial charge in [0.05, 0.1) is 12.5 Å². The zero-order chi connectivity index (χ0) is 11.8. The minimum absolute atomic E-state index is 0.610. The summed E-state index contributed by atoms with van der Waals surface area (Å²) in [7, 11) is 0. The highest BCUT2D eigenvalue weighted by Gasteiger charge is 1.89. The number of hydrogen-bond donors (Lipinski definition) is 0. The van der Waals surface area contributed by atoms with E-state index in [9.17, 15) is 0 Å². The van der Waals surface area contributed by atoms with Gasteiger partial charge in [-0.1, -0.05) is 49.8 Å². The van der Waals surface area contributed by atoms with Gasteiger partial charge in [0, 0.05) is 0 Å². The van der Waals surface area contributed by atoms with E-state index in [0.717, 1.165) is 6.42 Å². The van der Waals surface area contributed by atoms with Crippen molar-refractivity contribution in [3.8, 4) is 0 Å². The second-order valence-electron chi connectivity index (χ2n) is 4.28. The summed E-state index contributed by atoms with van der Waals surface area (Å²) in [5.41, 5.74) is 2.47. The van der Waals surface area contributed by atoms with E-state index in [1.165, 1.54) is 11.1 Å². The molecule has 0 bridgehead atoms. The van der Waals surface area contributed by atoms with Crippen molar-refractivity contribution in [3.05, 3.63) is 60.1 Å². The number of furan rings is 1. The van der Waals surface area contributed by atoms with Gasteiger partial charge < -0.3 is 4.42 Å². The third-order valence-electron chi connectivity index (χ3n) is 2.17. The van der Waals surface area contributed by atoms with Crippen LogP contribution < -0.4 is 0 Å². The summed E-state index contributed by atoms with van der Waals surface area (Å²) in [6.45, 7) is 6.46. The van der Waals surface area contributed by atoms with Crippen LogP contribution in [0.4, 0.5) is 0 Å². The molecule has 0 N–H and O–H groups in total. The van der Waals surface area contributed by atoms with E-state index in [0.29, 0.717) is 5.92 Å². The van der Waals surface area contributed by atoms with Gasteiger partial charge in [-0.25, -0.2) is 0 Å². The van der Waals surface area contributed by atoms with Crippen molar-refractivity contribution in [1.29, 1.82) is 0 Å². The van der Waals surface area contributed by atoms with Gasteiger partial charge in [-0.3, -0.25) is 0 Å².